The van der Waals surface area contributed by atoms with Crippen LogP contribution in [0.3, 0.4) is 0 Å². The molecular weight excluding hydrogens is 274 g/mol. The highest BCUT2D eigenvalue weighted by atomic mass is 79.9. The number of hydrogen-bond acceptors (Lipinski definition) is 4. The Kier molecular flexibility index (Phi) is 3.11. The maximum Gasteiger partial charge on any atom is 0.293 e. The van der Waals surface area contributed by atoms with Crippen molar-refractivity contribution in [3.8, 4) is 0 Å². The highest BCUT2D eigenvalue weighted by molar-refractivity contribution is 9.10. The fourth-order valence-electron chi connectivity index (χ4n) is 1.69. The number of nitro benzene ring substituents is 1. The molecule has 0 atom stereocenters. The van der Waals surface area contributed by atoms with Crippen LogP contribution in [0.25, 0.3) is 0 Å². The predicted molar refractivity (Wildman–Crippen MR) is 65.9 cm³/mol. The highest BCUT2D eigenvalue weighted by Gasteiger charge is 2.26. The summed E-state index contributed by atoms with van der Waals surface area (Å²) in [6.45, 7) is 1.76. The highest BCUT2D eigenvalue weighted by Crippen LogP contribution is 2.31. The monoisotopic (exact) mass is 285 g/mol. The number of hydrogen-bond donors (Lipinski definition) is 1. The van der Waals surface area contributed by atoms with Gasteiger partial charge in [0.1, 0.15) is 5.69 Å². The fraction of sp³-hybridized carbons (Fsp3) is 0.400. The molecule has 0 aliphatic carbocycles. The standard InChI is InChI=1S/C10H12BrN3O2/c1-13(8-5-12-6-8)9-3-2-7(11)4-10(9)14(15)16/h2-4,8,12H,5-6H2,1H3. The Hall–Kier alpha value is -1.14. The van der Waals surface area contributed by atoms with Crippen LogP contribution in [0.5, 0.6) is 0 Å². The summed E-state index contributed by atoms with van der Waals surface area (Å²) >= 11 is 3.25. The van der Waals surface area contributed by atoms with E-state index < -0.39 is 0 Å². The van der Waals surface area contributed by atoms with Gasteiger partial charge in [0, 0.05) is 30.7 Å². The van der Waals surface area contributed by atoms with Crippen molar-refractivity contribution in [1.82, 2.24) is 5.32 Å². The van der Waals surface area contributed by atoms with Crippen LogP contribution in [0.15, 0.2) is 22.7 Å². The van der Waals surface area contributed by atoms with Gasteiger partial charge in [0.05, 0.1) is 11.0 Å². The molecule has 0 bridgehead atoms. The minimum atomic E-state index is -0.345. The van der Waals surface area contributed by atoms with E-state index in [1.165, 1.54) is 6.07 Å². The van der Waals surface area contributed by atoms with Gasteiger partial charge in [-0.2, -0.15) is 0 Å². The molecule has 2 rings (SSSR count). The number of nitrogens with one attached hydrogen (secondary N) is 1. The zero-order chi connectivity index (χ0) is 11.7. The third-order valence-electron chi connectivity index (χ3n) is 2.82. The van der Waals surface area contributed by atoms with E-state index in [0.717, 1.165) is 17.6 Å². The van der Waals surface area contributed by atoms with Crippen LogP contribution in [0.1, 0.15) is 0 Å². The SMILES string of the molecule is CN(c1ccc(Br)cc1[N+](=O)[O-])C1CNC1. The molecule has 6 heteroatoms. The Balaban J connectivity index is 2.34. The largest absolute Gasteiger partial charge is 0.364 e. The first-order chi connectivity index (χ1) is 7.59. The molecule has 0 radical (unpaired) electrons. The quantitative estimate of drug-likeness (QED) is 0.679. The van der Waals surface area contributed by atoms with Crippen LogP contribution >= 0.6 is 15.9 Å². The lowest BCUT2D eigenvalue weighted by atomic mass is 10.1. The average molecular weight is 286 g/mol. The molecule has 1 aromatic carbocycles. The van der Waals surface area contributed by atoms with Crippen molar-refractivity contribution in [2.75, 3.05) is 25.0 Å². The molecule has 0 aromatic heterocycles. The topological polar surface area (TPSA) is 58.4 Å². The third kappa shape index (κ3) is 2.03. The first kappa shape index (κ1) is 11.3. The smallest absolute Gasteiger partial charge is 0.293 e. The molecule has 0 unspecified atom stereocenters. The predicted octanol–water partition coefficient (Wildman–Crippen LogP) is 1.77. The van der Waals surface area contributed by atoms with Crippen LogP contribution in [-0.2, 0) is 0 Å². The van der Waals surface area contributed by atoms with E-state index in [1.807, 2.05) is 18.0 Å². The van der Waals surface area contributed by atoms with E-state index in [2.05, 4.69) is 21.2 Å². The molecule has 1 saturated heterocycles. The molecule has 1 fully saturated rings. The summed E-state index contributed by atoms with van der Waals surface area (Å²) in [4.78, 5) is 12.6. The van der Waals surface area contributed by atoms with Crippen molar-refractivity contribution in [2.45, 2.75) is 6.04 Å². The second kappa shape index (κ2) is 4.39. The Morgan fingerprint density at radius 1 is 1.56 bits per heavy atom. The van der Waals surface area contributed by atoms with Crippen LogP contribution in [0.4, 0.5) is 11.4 Å². The molecule has 0 amide bonds. The Bertz CT molecular complexity index is 421. The number of benzene rings is 1. The number of nitrogens with zero attached hydrogens (tertiary/aromatic N) is 2. The second-order valence-corrected chi connectivity index (χ2v) is 4.73. The van der Waals surface area contributed by atoms with Gasteiger partial charge in [-0.25, -0.2) is 0 Å². The summed E-state index contributed by atoms with van der Waals surface area (Å²) in [5, 5.41) is 14.1. The van der Waals surface area contributed by atoms with E-state index in [1.54, 1.807) is 6.07 Å². The van der Waals surface area contributed by atoms with Gasteiger partial charge >= 0.3 is 0 Å². The Morgan fingerprint density at radius 3 is 2.75 bits per heavy atom. The van der Waals surface area contributed by atoms with Crippen LogP contribution < -0.4 is 10.2 Å². The molecule has 1 aliphatic rings. The molecule has 1 aromatic rings. The summed E-state index contributed by atoms with van der Waals surface area (Å²) in [7, 11) is 1.89. The van der Waals surface area contributed by atoms with Gasteiger partial charge in [-0.15, -0.1) is 0 Å². The summed E-state index contributed by atoms with van der Waals surface area (Å²) < 4.78 is 0.725. The van der Waals surface area contributed by atoms with Crippen molar-refractivity contribution in [1.29, 1.82) is 0 Å². The third-order valence-corrected chi connectivity index (χ3v) is 3.32. The van der Waals surface area contributed by atoms with Gasteiger partial charge in [0.2, 0.25) is 0 Å². The number of anilines is 1. The van der Waals surface area contributed by atoms with E-state index >= 15 is 0 Å². The lowest BCUT2D eigenvalue weighted by molar-refractivity contribution is -0.384. The zero-order valence-corrected chi connectivity index (χ0v) is 10.4. The van der Waals surface area contributed by atoms with Gasteiger partial charge < -0.3 is 10.2 Å². The molecule has 0 saturated carbocycles. The van der Waals surface area contributed by atoms with Crippen molar-refractivity contribution in [3.63, 3.8) is 0 Å². The lowest BCUT2D eigenvalue weighted by Crippen LogP contribution is -2.56. The van der Waals surface area contributed by atoms with Gasteiger partial charge in [-0.05, 0) is 12.1 Å². The van der Waals surface area contributed by atoms with E-state index in [0.29, 0.717) is 11.7 Å². The zero-order valence-electron chi connectivity index (χ0n) is 8.81. The van der Waals surface area contributed by atoms with Gasteiger partial charge in [0.15, 0.2) is 0 Å². The fourth-order valence-corrected chi connectivity index (χ4v) is 2.03. The normalized spacial score (nSPS) is 15.6. The molecule has 16 heavy (non-hydrogen) atoms. The number of rotatable bonds is 3. The summed E-state index contributed by atoms with van der Waals surface area (Å²) in [5.74, 6) is 0. The molecule has 5 nitrogen and oxygen atoms in total. The number of nitro groups is 1. The van der Waals surface area contributed by atoms with Crippen LogP contribution in [0.2, 0.25) is 0 Å². The Labute approximate surface area is 102 Å². The summed E-state index contributed by atoms with van der Waals surface area (Å²) in [5.41, 5.74) is 0.809. The van der Waals surface area contributed by atoms with E-state index in [9.17, 15) is 10.1 Å². The van der Waals surface area contributed by atoms with Gasteiger partial charge in [-0.3, -0.25) is 10.1 Å². The summed E-state index contributed by atoms with van der Waals surface area (Å²) in [6, 6.07) is 5.49. The van der Waals surface area contributed by atoms with E-state index in [-0.39, 0.29) is 10.6 Å². The van der Waals surface area contributed by atoms with Gasteiger partial charge in [0.25, 0.3) is 5.69 Å². The number of likely N-dealkylation sites (N-methyl/N-ethyl adjacent to an activating group) is 1. The van der Waals surface area contributed by atoms with Crippen LogP contribution in [-0.4, -0.2) is 31.1 Å². The van der Waals surface area contributed by atoms with Crippen molar-refractivity contribution < 1.29 is 4.92 Å². The first-order valence-electron chi connectivity index (χ1n) is 4.97. The minimum Gasteiger partial charge on any atom is -0.364 e. The van der Waals surface area contributed by atoms with Gasteiger partial charge in [-0.1, -0.05) is 15.9 Å². The molecule has 0 spiro atoms. The average Bonchev–Trinajstić information content (AvgIpc) is 2.14. The van der Waals surface area contributed by atoms with Crippen molar-refractivity contribution in [3.05, 3.63) is 32.8 Å². The summed E-state index contributed by atoms with van der Waals surface area (Å²) in [6.07, 6.45) is 0. The first-order valence-corrected chi connectivity index (χ1v) is 5.76. The molecule has 1 heterocycles. The molecule has 1 N–H and O–H groups in total. The minimum absolute atomic E-state index is 0.142. The van der Waals surface area contributed by atoms with Crippen LogP contribution in [0, 0.1) is 10.1 Å². The lowest BCUT2D eigenvalue weighted by Gasteiger charge is -2.36. The van der Waals surface area contributed by atoms with Crippen molar-refractivity contribution in [2.24, 2.45) is 0 Å². The van der Waals surface area contributed by atoms with Crippen molar-refractivity contribution >= 4 is 27.3 Å². The number of halogens is 1. The second-order valence-electron chi connectivity index (χ2n) is 3.81. The molecular formula is C10H12BrN3O2. The maximum atomic E-state index is 10.9. The Morgan fingerprint density at radius 2 is 2.25 bits per heavy atom. The molecule has 86 valence electrons. The molecule has 1 aliphatic heterocycles. The maximum absolute atomic E-state index is 10.9. The van der Waals surface area contributed by atoms with E-state index in [4.69, 9.17) is 0 Å².